The molecule has 0 aliphatic heterocycles. The maximum atomic E-state index is 13.0. The molecule has 0 N–H and O–H groups in total. The molecule has 0 saturated heterocycles. The Kier molecular flexibility index (Phi) is 5.75. The van der Waals surface area contributed by atoms with E-state index in [4.69, 9.17) is 0 Å². The summed E-state index contributed by atoms with van der Waals surface area (Å²) in [4.78, 5) is 13.5. The molecule has 0 amide bonds. The Bertz CT molecular complexity index is 1200. The standard InChI is InChI=1S/C19H17F3N4O3S/c1-26-24-18(23-25-26)16-10-14(17(27)11-30(2,28)29)7-6-13(16)8-12-4-3-5-15(9-12)19(20,21)22/h3-7,9-10H,8,11H2,1-2H3. The molecule has 3 aromatic rings. The lowest BCUT2D eigenvalue weighted by molar-refractivity contribution is -0.137. The Labute approximate surface area is 170 Å². The molecule has 0 fully saturated rings. The number of hydrogen-bond donors (Lipinski definition) is 0. The monoisotopic (exact) mass is 438 g/mol. The van der Waals surface area contributed by atoms with Crippen molar-refractivity contribution in [1.82, 2.24) is 20.2 Å². The average molecular weight is 438 g/mol. The lowest BCUT2D eigenvalue weighted by Crippen LogP contribution is -2.15. The third-order valence-corrected chi connectivity index (χ3v) is 5.01. The lowest BCUT2D eigenvalue weighted by Gasteiger charge is -2.11. The molecule has 0 bridgehead atoms. The number of alkyl halides is 3. The number of nitrogens with zero attached hydrogens (tertiary/aromatic N) is 4. The number of tetrazole rings is 1. The quantitative estimate of drug-likeness (QED) is 0.550. The van der Waals surface area contributed by atoms with E-state index in [-0.39, 0.29) is 17.8 Å². The zero-order valence-electron chi connectivity index (χ0n) is 16.0. The first kappa shape index (κ1) is 21.6. The maximum Gasteiger partial charge on any atom is 0.416 e. The molecule has 0 aliphatic carbocycles. The third-order valence-electron chi connectivity index (χ3n) is 4.22. The molecule has 0 saturated carbocycles. The van der Waals surface area contributed by atoms with E-state index >= 15 is 0 Å². The van der Waals surface area contributed by atoms with E-state index in [1.165, 1.54) is 23.0 Å². The maximum absolute atomic E-state index is 13.0. The third kappa shape index (κ3) is 5.29. The summed E-state index contributed by atoms with van der Waals surface area (Å²) in [6.45, 7) is 0. The van der Waals surface area contributed by atoms with Crippen molar-refractivity contribution in [3.8, 4) is 11.4 Å². The van der Waals surface area contributed by atoms with Crippen molar-refractivity contribution in [2.45, 2.75) is 12.6 Å². The second-order valence-corrected chi connectivity index (χ2v) is 8.98. The highest BCUT2D eigenvalue weighted by Gasteiger charge is 2.30. The number of aryl methyl sites for hydroxylation is 1. The molecule has 0 aliphatic rings. The minimum Gasteiger partial charge on any atom is -0.293 e. The first-order chi connectivity index (χ1) is 13.9. The molecule has 1 heterocycles. The number of aromatic nitrogens is 4. The van der Waals surface area contributed by atoms with Crippen LogP contribution in [0, 0.1) is 0 Å². The molecule has 1 aromatic heterocycles. The molecule has 11 heteroatoms. The number of ketones is 1. The Hall–Kier alpha value is -3.08. The van der Waals surface area contributed by atoms with Crippen LogP contribution in [0.2, 0.25) is 0 Å². The Morgan fingerprint density at radius 2 is 1.87 bits per heavy atom. The van der Waals surface area contributed by atoms with Gasteiger partial charge in [0, 0.05) is 17.4 Å². The molecular formula is C19H17F3N4O3S. The predicted octanol–water partition coefficient (Wildman–Crippen LogP) is 2.71. The SMILES string of the molecule is Cn1nnc(-c2cc(C(=O)CS(C)(=O)=O)ccc2Cc2cccc(C(F)(F)F)c2)n1. The van der Waals surface area contributed by atoms with Crippen molar-refractivity contribution in [3.63, 3.8) is 0 Å². The highest BCUT2D eigenvalue weighted by atomic mass is 32.2. The summed E-state index contributed by atoms with van der Waals surface area (Å²) in [5.74, 6) is -1.09. The van der Waals surface area contributed by atoms with Gasteiger partial charge in [-0.25, -0.2) is 8.42 Å². The van der Waals surface area contributed by atoms with Crippen LogP contribution in [0.4, 0.5) is 13.2 Å². The van der Waals surface area contributed by atoms with Crippen LogP contribution in [-0.4, -0.2) is 46.4 Å². The first-order valence-corrected chi connectivity index (χ1v) is 10.7. The van der Waals surface area contributed by atoms with Crippen LogP contribution in [0.15, 0.2) is 42.5 Å². The van der Waals surface area contributed by atoms with Crippen LogP contribution in [0.5, 0.6) is 0 Å². The van der Waals surface area contributed by atoms with Crippen molar-refractivity contribution in [3.05, 3.63) is 64.7 Å². The van der Waals surface area contributed by atoms with Crippen LogP contribution in [0.3, 0.4) is 0 Å². The Balaban J connectivity index is 2.03. The van der Waals surface area contributed by atoms with E-state index in [0.29, 0.717) is 16.7 Å². The smallest absolute Gasteiger partial charge is 0.293 e. The van der Waals surface area contributed by atoms with Gasteiger partial charge in [0.25, 0.3) is 0 Å². The molecule has 2 aromatic carbocycles. The van der Waals surface area contributed by atoms with E-state index in [0.717, 1.165) is 18.4 Å². The summed E-state index contributed by atoms with van der Waals surface area (Å²) in [5, 5.41) is 11.8. The van der Waals surface area contributed by atoms with Gasteiger partial charge in [0.2, 0.25) is 5.82 Å². The molecule has 3 rings (SSSR count). The van der Waals surface area contributed by atoms with E-state index in [2.05, 4.69) is 15.4 Å². The number of sulfone groups is 1. The van der Waals surface area contributed by atoms with Crippen LogP contribution < -0.4 is 0 Å². The van der Waals surface area contributed by atoms with Gasteiger partial charge in [-0.1, -0.05) is 30.3 Å². The molecule has 0 atom stereocenters. The van der Waals surface area contributed by atoms with Crippen molar-refractivity contribution >= 4 is 15.6 Å². The van der Waals surface area contributed by atoms with Crippen LogP contribution >= 0.6 is 0 Å². The van der Waals surface area contributed by atoms with Gasteiger partial charge in [-0.05, 0) is 34.9 Å². The van der Waals surface area contributed by atoms with Gasteiger partial charge in [0.15, 0.2) is 15.6 Å². The second-order valence-electron chi connectivity index (χ2n) is 6.84. The highest BCUT2D eigenvalue weighted by Crippen LogP contribution is 2.31. The van der Waals surface area contributed by atoms with E-state index < -0.39 is 33.1 Å². The first-order valence-electron chi connectivity index (χ1n) is 8.67. The molecular weight excluding hydrogens is 421 g/mol. The summed E-state index contributed by atoms with van der Waals surface area (Å²) in [6.07, 6.45) is -3.39. The molecule has 30 heavy (non-hydrogen) atoms. The topological polar surface area (TPSA) is 94.8 Å². The number of Topliss-reactive ketones (excluding diaryl/α,β-unsaturated/α-hetero) is 1. The normalized spacial score (nSPS) is 12.2. The van der Waals surface area contributed by atoms with Crippen molar-refractivity contribution in [1.29, 1.82) is 0 Å². The predicted molar refractivity (Wildman–Crippen MR) is 103 cm³/mol. The van der Waals surface area contributed by atoms with E-state index in [9.17, 15) is 26.4 Å². The summed E-state index contributed by atoms with van der Waals surface area (Å²) in [7, 11) is -1.98. The summed E-state index contributed by atoms with van der Waals surface area (Å²) >= 11 is 0. The second kappa shape index (κ2) is 7.98. The summed E-state index contributed by atoms with van der Waals surface area (Å²) < 4.78 is 61.9. The van der Waals surface area contributed by atoms with Crippen molar-refractivity contribution in [2.75, 3.05) is 12.0 Å². The molecule has 158 valence electrons. The molecule has 0 spiro atoms. The van der Waals surface area contributed by atoms with Crippen molar-refractivity contribution in [2.24, 2.45) is 7.05 Å². The van der Waals surface area contributed by atoms with Crippen LogP contribution in [0.1, 0.15) is 27.0 Å². The average Bonchev–Trinajstić information content (AvgIpc) is 3.06. The van der Waals surface area contributed by atoms with Gasteiger partial charge in [0.05, 0.1) is 12.6 Å². The fourth-order valence-electron chi connectivity index (χ4n) is 2.90. The van der Waals surface area contributed by atoms with E-state index in [1.807, 2.05) is 0 Å². The van der Waals surface area contributed by atoms with Gasteiger partial charge >= 0.3 is 6.18 Å². The number of carbonyl (C=O) groups excluding carboxylic acids is 1. The van der Waals surface area contributed by atoms with Gasteiger partial charge in [-0.2, -0.15) is 18.0 Å². The summed E-state index contributed by atoms with van der Waals surface area (Å²) in [6, 6.07) is 9.36. The van der Waals surface area contributed by atoms with E-state index in [1.54, 1.807) is 19.2 Å². The zero-order valence-corrected chi connectivity index (χ0v) is 16.8. The Morgan fingerprint density at radius 1 is 1.13 bits per heavy atom. The number of rotatable bonds is 6. The summed E-state index contributed by atoms with van der Waals surface area (Å²) in [5.41, 5.74) is 0.734. The Morgan fingerprint density at radius 3 is 2.47 bits per heavy atom. The van der Waals surface area contributed by atoms with Gasteiger partial charge in [0.1, 0.15) is 5.75 Å². The number of carbonyl (C=O) groups is 1. The largest absolute Gasteiger partial charge is 0.416 e. The number of benzene rings is 2. The highest BCUT2D eigenvalue weighted by molar-refractivity contribution is 7.91. The lowest BCUT2D eigenvalue weighted by atomic mass is 9.95. The fraction of sp³-hybridized carbons (Fsp3) is 0.263. The van der Waals surface area contributed by atoms with Gasteiger partial charge in [-0.3, -0.25) is 4.79 Å². The number of hydrogen-bond acceptors (Lipinski definition) is 6. The van der Waals surface area contributed by atoms with Crippen LogP contribution in [-0.2, 0) is 29.5 Å². The van der Waals surface area contributed by atoms with Crippen LogP contribution in [0.25, 0.3) is 11.4 Å². The van der Waals surface area contributed by atoms with Crippen molar-refractivity contribution < 1.29 is 26.4 Å². The molecule has 0 radical (unpaired) electrons. The number of halogens is 3. The van der Waals surface area contributed by atoms with Gasteiger partial charge in [-0.15, -0.1) is 10.2 Å². The fourth-order valence-corrected chi connectivity index (χ4v) is 3.55. The molecule has 7 nitrogen and oxygen atoms in total. The molecule has 0 unspecified atom stereocenters. The minimum atomic E-state index is -4.47. The zero-order chi connectivity index (χ0) is 22.1. The minimum absolute atomic E-state index is 0.123. The van der Waals surface area contributed by atoms with Gasteiger partial charge < -0.3 is 0 Å².